The molecular formula is C20H22N2O2. The van der Waals surface area contributed by atoms with E-state index in [1.807, 2.05) is 60.7 Å². The van der Waals surface area contributed by atoms with E-state index in [1.54, 1.807) is 0 Å². The van der Waals surface area contributed by atoms with E-state index >= 15 is 0 Å². The molecule has 0 heterocycles. The standard InChI is InChI=1S/C20H22N2O2/c23-19(21-17-7-3-1-4-8-17)15-11-13-16(14-12-15)20(24)22-18-9-5-2-6-10-18/h1-10,15-16H,11-14H2,(H,21,23)(H,22,24)/t15-,16-. The second-order valence-electron chi connectivity index (χ2n) is 6.26. The molecule has 1 fully saturated rings. The summed E-state index contributed by atoms with van der Waals surface area (Å²) in [6.45, 7) is 0. The fraction of sp³-hybridized carbons (Fsp3) is 0.300. The zero-order chi connectivity index (χ0) is 16.8. The molecule has 1 aliphatic carbocycles. The van der Waals surface area contributed by atoms with Crippen LogP contribution in [0.25, 0.3) is 0 Å². The maximum Gasteiger partial charge on any atom is 0.227 e. The quantitative estimate of drug-likeness (QED) is 0.891. The van der Waals surface area contributed by atoms with E-state index in [4.69, 9.17) is 0 Å². The minimum atomic E-state index is -0.00835. The first-order valence-corrected chi connectivity index (χ1v) is 8.44. The van der Waals surface area contributed by atoms with Crippen molar-refractivity contribution in [3.63, 3.8) is 0 Å². The number of anilines is 2. The van der Waals surface area contributed by atoms with Crippen molar-refractivity contribution >= 4 is 23.2 Å². The van der Waals surface area contributed by atoms with Crippen LogP contribution < -0.4 is 10.6 Å². The van der Waals surface area contributed by atoms with Crippen LogP contribution in [0.2, 0.25) is 0 Å². The van der Waals surface area contributed by atoms with E-state index in [0.717, 1.165) is 37.1 Å². The molecule has 0 atom stereocenters. The van der Waals surface area contributed by atoms with Crippen LogP contribution in [0.1, 0.15) is 25.7 Å². The predicted octanol–water partition coefficient (Wildman–Crippen LogP) is 4.07. The van der Waals surface area contributed by atoms with Gasteiger partial charge < -0.3 is 10.6 Å². The van der Waals surface area contributed by atoms with Gasteiger partial charge in [-0.15, -0.1) is 0 Å². The van der Waals surface area contributed by atoms with Crippen molar-refractivity contribution in [2.24, 2.45) is 11.8 Å². The van der Waals surface area contributed by atoms with Gasteiger partial charge in [0.15, 0.2) is 0 Å². The summed E-state index contributed by atoms with van der Waals surface area (Å²) in [5, 5.41) is 5.91. The first kappa shape index (κ1) is 16.2. The van der Waals surface area contributed by atoms with E-state index in [1.165, 1.54) is 0 Å². The Bertz CT molecular complexity index is 616. The van der Waals surface area contributed by atoms with Crippen LogP contribution in [-0.4, -0.2) is 11.8 Å². The van der Waals surface area contributed by atoms with Gasteiger partial charge in [0, 0.05) is 23.2 Å². The summed E-state index contributed by atoms with van der Waals surface area (Å²) in [4.78, 5) is 24.6. The molecule has 2 aromatic rings. The minimum absolute atomic E-state index is 0.00835. The molecule has 0 saturated heterocycles. The predicted molar refractivity (Wildman–Crippen MR) is 95.6 cm³/mol. The van der Waals surface area contributed by atoms with Crippen LogP contribution in [0, 0.1) is 11.8 Å². The molecule has 1 aliphatic rings. The Kier molecular flexibility index (Phi) is 5.26. The number of carbonyl (C=O) groups excluding carboxylic acids is 2. The molecule has 1 saturated carbocycles. The molecule has 0 aromatic heterocycles. The molecule has 0 spiro atoms. The molecule has 24 heavy (non-hydrogen) atoms. The number of hydrogen-bond donors (Lipinski definition) is 2. The van der Waals surface area contributed by atoms with Gasteiger partial charge >= 0.3 is 0 Å². The topological polar surface area (TPSA) is 58.2 Å². The Hall–Kier alpha value is -2.62. The van der Waals surface area contributed by atoms with Crippen molar-refractivity contribution in [2.45, 2.75) is 25.7 Å². The number of nitrogens with one attached hydrogen (secondary N) is 2. The normalized spacial score (nSPS) is 20.2. The van der Waals surface area contributed by atoms with Gasteiger partial charge in [0.25, 0.3) is 0 Å². The Balaban J connectivity index is 1.48. The lowest BCUT2D eigenvalue weighted by Gasteiger charge is -2.27. The highest BCUT2D eigenvalue weighted by atomic mass is 16.2. The van der Waals surface area contributed by atoms with Gasteiger partial charge in [-0.05, 0) is 49.9 Å². The first-order chi connectivity index (χ1) is 11.7. The summed E-state index contributed by atoms with van der Waals surface area (Å²) in [5.41, 5.74) is 1.65. The van der Waals surface area contributed by atoms with Gasteiger partial charge in [-0.3, -0.25) is 9.59 Å². The zero-order valence-electron chi connectivity index (χ0n) is 13.6. The zero-order valence-corrected chi connectivity index (χ0v) is 13.6. The van der Waals surface area contributed by atoms with E-state index in [9.17, 15) is 9.59 Å². The summed E-state index contributed by atoms with van der Waals surface area (Å²) in [6.07, 6.45) is 3.02. The third-order valence-corrected chi connectivity index (χ3v) is 4.55. The lowest BCUT2D eigenvalue weighted by Crippen LogP contribution is -2.31. The molecular weight excluding hydrogens is 300 g/mol. The second-order valence-corrected chi connectivity index (χ2v) is 6.26. The van der Waals surface area contributed by atoms with Gasteiger partial charge in [0.1, 0.15) is 0 Å². The highest BCUT2D eigenvalue weighted by Crippen LogP contribution is 2.30. The van der Waals surface area contributed by atoms with Gasteiger partial charge in [0.2, 0.25) is 11.8 Å². The third-order valence-electron chi connectivity index (χ3n) is 4.55. The Labute approximate surface area is 142 Å². The molecule has 0 bridgehead atoms. The fourth-order valence-corrected chi connectivity index (χ4v) is 3.15. The highest BCUT2D eigenvalue weighted by molar-refractivity contribution is 5.94. The SMILES string of the molecule is O=C(Nc1ccccc1)[C@H]1CC[C@H](C(=O)Nc2ccccc2)CC1. The summed E-state index contributed by atoms with van der Waals surface area (Å²) in [6, 6.07) is 19.0. The molecule has 0 unspecified atom stereocenters. The average molecular weight is 322 g/mol. The van der Waals surface area contributed by atoms with Crippen LogP contribution in [0.3, 0.4) is 0 Å². The molecule has 3 rings (SSSR count). The van der Waals surface area contributed by atoms with Gasteiger partial charge in [-0.25, -0.2) is 0 Å². The number of benzene rings is 2. The van der Waals surface area contributed by atoms with Crippen molar-refractivity contribution in [3.05, 3.63) is 60.7 Å². The van der Waals surface area contributed by atoms with Crippen molar-refractivity contribution in [1.29, 1.82) is 0 Å². The fourth-order valence-electron chi connectivity index (χ4n) is 3.15. The molecule has 0 aliphatic heterocycles. The van der Waals surface area contributed by atoms with Crippen LogP contribution in [0.5, 0.6) is 0 Å². The molecule has 4 nitrogen and oxygen atoms in total. The minimum Gasteiger partial charge on any atom is -0.326 e. The maximum atomic E-state index is 12.3. The lowest BCUT2D eigenvalue weighted by atomic mass is 9.81. The molecule has 2 amide bonds. The van der Waals surface area contributed by atoms with Crippen LogP contribution in [-0.2, 0) is 9.59 Å². The Morgan fingerprint density at radius 2 is 0.958 bits per heavy atom. The Morgan fingerprint density at radius 1 is 0.625 bits per heavy atom. The smallest absolute Gasteiger partial charge is 0.227 e. The van der Waals surface area contributed by atoms with E-state index in [-0.39, 0.29) is 23.7 Å². The van der Waals surface area contributed by atoms with E-state index < -0.39 is 0 Å². The number of para-hydroxylation sites is 2. The van der Waals surface area contributed by atoms with Crippen molar-refractivity contribution < 1.29 is 9.59 Å². The monoisotopic (exact) mass is 322 g/mol. The van der Waals surface area contributed by atoms with Crippen molar-refractivity contribution in [2.75, 3.05) is 10.6 Å². The van der Waals surface area contributed by atoms with Gasteiger partial charge in [-0.2, -0.15) is 0 Å². The molecule has 0 radical (unpaired) electrons. The van der Waals surface area contributed by atoms with Crippen LogP contribution in [0.4, 0.5) is 11.4 Å². The number of amides is 2. The van der Waals surface area contributed by atoms with E-state index in [2.05, 4.69) is 10.6 Å². The van der Waals surface area contributed by atoms with E-state index in [0.29, 0.717) is 0 Å². The number of carbonyl (C=O) groups is 2. The molecule has 4 heteroatoms. The molecule has 124 valence electrons. The number of hydrogen-bond acceptors (Lipinski definition) is 2. The van der Waals surface area contributed by atoms with Gasteiger partial charge in [-0.1, -0.05) is 36.4 Å². The summed E-state index contributed by atoms with van der Waals surface area (Å²) >= 11 is 0. The van der Waals surface area contributed by atoms with Gasteiger partial charge in [0.05, 0.1) is 0 Å². The average Bonchev–Trinajstić information content (AvgIpc) is 2.63. The maximum absolute atomic E-state index is 12.3. The van der Waals surface area contributed by atoms with Crippen LogP contribution >= 0.6 is 0 Å². The Morgan fingerprint density at radius 3 is 1.29 bits per heavy atom. The molecule has 2 aromatic carbocycles. The van der Waals surface area contributed by atoms with Crippen molar-refractivity contribution in [1.82, 2.24) is 0 Å². The summed E-state index contributed by atoms with van der Waals surface area (Å²) < 4.78 is 0. The summed E-state index contributed by atoms with van der Waals surface area (Å²) in [5.74, 6) is 0.100. The largest absolute Gasteiger partial charge is 0.326 e. The highest BCUT2D eigenvalue weighted by Gasteiger charge is 2.29. The second kappa shape index (κ2) is 7.77. The van der Waals surface area contributed by atoms with Crippen molar-refractivity contribution in [3.8, 4) is 0 Å². The molecule has 2 N–H and O–H groups in total. The summed E-state index contributed by atoms with van der Waals surface area (Å²) in [7, 11) is 0. The first-order valence-electron chi connectivity index (χ1n) is 8.44. The third kappa shape index (κ3) is 4.22. The lowest BCUT2D eigenvalue weighted by molar-refractivity contribution is -0.125. The number of rotatable bonds is 4. The van der Waals surface area contributed by atoms with Crippen LogP contribution in [0.15, 0.2) is 60.7 Å².